The largest absolute Gasteiger partial charge is 0.454 e. The van der Waals surface area contributed by atoms with Crippen LogP contribution in [0.5, 0.6) is 0 Å². The number of sulfonamides is 1. The summed E-state index contributed by atoms with van der Waals surface area (Å²) in [6, 6.07) is 12.8. The normalized spacial score (nSPS) is 16.5. The van der Waals surface area contributed by atoms with E-state index < -0.39 is 16.0 Å². The highest BCUT2D eigenvalue weighted by molar-refractivity contribution is 7.89. The molecule has 31 heavy (non-hydrogen) atoms. The standard InChI is InChI=1S/C21H22N4O5S/c22-20-17-5-1-2-6-18(17)24-19(25-20)13-30-21(26)14-7-9-16(10-8-14)31(27,28)23-12-15-4-3-11-29-15/h1-2,5-10,15,23H,3-4,11-13H2,(H2,22,24,25). The van der Waals surface area contributed by atoms with E-state index in [4.69, 9.17) is 15.2 Å². The number of esters is 1. The third kappa shape index (κ3) is 4.98. The molecule has 1 aliphatic rings. The summed E-state index contributed by atoms with van der Waals surface area (Å²) in [5, 5.41) is 0.725. The van der Waals surface area contributed by atoms with Gasteiger partial charge >= 0.3 is 5.97 Å². The van der Waals surface area contributed by atoms with E-state index in [9.17, 15) is 13.2 Å². The number of fused-ring (bicyclic) bond motifs is 1. The maximum absolute atomic E-state index is 12.4. The van der Waals surface area contributed by atoms with Crippen molar-refractivity contribution in [1.29, 1.82) is 0 Å². The van der Waals surface area contributed by atoms with Crippen LogP contribution in [0.15, 0.2) is 53.4 Å². The van der Waals surface area contributed by atoms with Crippen LogP contribution in [-0.2, 0) is 26.1 Å². The molecular weight excluding hydrogens is 420 g/mol. The summed E-state index contributed by atoms with van der Waals surface area (Å²) in [5.41, 5.74) is 6.81. The molecule has 2 heterocycles. The number of nitrogens with one attached hydrogen (secondary N) is 1. The molecular formula is C21H22N4O5S. The highest BCUT2D eigenvalue weighted by Crippen LogP contribution is 2.18. The van der Waals surface area contributed by atoms with Crippen LogP contribution in [0.3, 0.4) is 0 Å². The lowest BCUT2D eigenvalue weighted by Crippen LogP contribution is -2.31. The summed E-state index contributed by atoms with van der Waals surface area (Å²) in [6.07, 6.45) is 1.66. The maximum atomic E-state index is 12.4. The minimum atomic E-state index is -3.69. The van der Waals surface area contributed by atoms with Crippen molar-refractivity contribution in [3.8, 4) is 0 Å². The van der Waals surface area contributed by atoms with Crippen molar-refractivity contribution in [2.45, 2.75) is 30.4 Å². The van der Waals surface area contributed by atoms with Gasteiger partial charge in [-0.1, -0.05) is 12.1 Å². The van der Waals surface area contributed by atoms with Crippen LogP contribution >= 0.6 is 0 Å². The van der Waals surface area contributed by atoms with Crippen molar-refractivity contribution in [3.05, 3.63) is 59.9 Å². The number of hydrogen-bond donors (Lipinski definition) is 2. The molecule has 162 valence electrons. The molecule has 0 bridgehead atoms. The molecule has 0 amide bonds. The Hall–Kier alpha value is -3.08. The van der Waals surface area contributed by atoms with Gasteiger partial charge in [-0.25, -0.2) is 27.9 Å². The summed E-state index contributed by atoms with van der Waals surface area (Å²) in [4.78, 5) is 20.9. The van der Waals surface area contributed by atoms with Crippen molar-refractivity contribution in [1.82, 2.24) is 14.7 Å². The molecule has 3 aromatic rings. The van der Waals surface area contributed by atoms with E-state index in [-0.39, 0.29) is 35.5 Å². The fraction of sp³-hybridized carbons (Fsp3) is 0.286. The van der Waals surface area contributed by atoms with Crippen LogP contribution in [0.2, 0.25) is 0 Å². The van der Waals surface area contributed by atoms with E-state index in [1.54, 1.807) is 6.07 Å². The van der Waals surface area contributed by atoms with Crippen LogP contribution in [-0.4, -0.2) is 43.6 Å². The molecule has 1 saturated heterocycles. The number of ether oxygens (including phenoxy) is 2. The Kier molecular flexibility index (Phi) is 6.12. The van der Waals surface area contributed by atoms with E-state index in [1.165, 1.54) is 24.3 Å². The summed E-state index contributed by atoms with van der Waals surface area (Å²) >= 11 is 0. The molecule has 1 unspecified atom stereocenters. The van der Waals surface area contributed by atoms with Gasteiger partial charge in [0.1, 0.15) is 5.82 Å². The number of hydrogen-bond acceptors (Lipinski definition) is 8. The Balaban J connectivity index is 1.38. The third-order valence-corrected chi connectivity index (χ3v) is 6.38. The van der Waals surface area contributed by atoms with E-state index in [0.29, 0.717) is 17.9 Å². The summed E-state index contributed by atoms with van der Waals surface area (Å²) in [6.45, 7) is 0.720. The van der Waals surface area contributed by atoms with Gasteiger partial charge in [-0.05, 0) is 49.2 Å². The zero-order valence-corrected chi connectivity index (χ0v) is 17.5. The molecule has 1 aromatic heterocycles. The molecule has 0 radical (unpaired) electrons. The second-order valence-electron chi connectivity index (χ2n) is 7.13. The Labute approximate surface area is 179 Å². The fourth-order valence-corrected chi connectivity index (χ4v) is 4.36. The number of nitrogens with zero attached hydrogens (tertiary/aromatic N) is 2. The van der Waals surface area contributed by atoms with Gasteiger partial charge in [0.25, 0.3) is 0 Å². The van der Waals surface area contributed by atoms with Gasteiger partial charge in [0.2, 0.25) is 10.0 Å². The fourth-order valence-electron chi connectivity index (χ4n) is 3.29. The molecule has 1 fully saturated rings. The number of aromatic nitrogens is 2. The van der Waals surface area contributed by atoms with Crippen molar-refractivity contribution < 1.29 is 22.7 Å². The van der Waals surface area contributed by atoms with E-state index in [0.717, 1.165) is 18.2 Å². The average molecular weight is 442 g/mol. The quantitative estimate of drug-likeness (QED) is 0.531. The zero-order chi connectivity index (χ0) is 21.8. The first-order valence-electron chi connectivity index (χ1n) is 9.82. The minimum Gasteiger partial charge on any atom is -0.454 e. The predicted molar refractivity (Wildman–Crippen MR) is 114 cm³/mol. The average Bonchev–Trinajstić information content (AvgIpc) is 3.30. The first kappa shape index (κ1) is 21.2. The van der Waals surface area contributed by atoms with Crippen molar-refractivity contribution in [3.63, 3.8) is 0 Å². The van der Waals surface area contributed by atoms with Gasteiger partial charge < -0.3 is 15.2 Å². The van der Waals surface area contributed by atoms with Gasteiger partial charge in [-0.2, -0.15) is 0 Å². The second-order valence-corrected chi connectivity index (χ2v) is 8.90. The SMILES string of the molecule is Nc1nc(COC(=O)c2ccc(S(=O)(=O)NCC3CCCO3)cc2)nc2ccccc12. The highest BCUT2D eigenvalue weighted by atomic mass is 32.2. The molecule has 3 N–H and O–H groups in total. The van der Waals surface area contributed by atoms with Gasteiger partial charge in [0, 0.05) is 18.5 Å². The van der Waals surface area contributed by atoms with Crippen LogP contribution < -0.4 is 10.5 Å². The smallest absolute Gasteiger partial charge is 0.338 e. The molecule has 9 nitrogen and oxygen atoms in total. The van der Waals surface area contributed by atoms with Gasteiger partial charge in [-0.15, -0.1) is 0 Å². The Morgan fingerprint density at radius 2 is 1.94 bits per heavy atom. The van der Waals surface area contributed by atoms with Crippen molar-refractivity contribution >= 4 is 32.7 Å². The number of benzene rings is 2. The number of anilines is 1. The van der Waals surface area contributed by atoms with E-state index in [1.807, 2.05) is 18.2 Å². The minimum absolute atomic E-state index is 0.0627. The van der Waals surface area contributed by atoms with E-state index in [2.05, 4.69) is 14.7 Å². The van der Waals surface area contributed by atoms with Crippen molar-refractivity contribution in [2.24, 2.45) is 0 Å². The molecule has 10 heteroatoms. The van der Waals surface area contributed by atoms with Crippen LogP contribution in [0.4, 0.5) is 5.82 Å². The lowest BCUT2D eigenvalue weighted by Gasteiger charge is -2.11. The summed E-state index contributed by atoms with van der Waals surface area (Å²) in [7, 11) is -3.69. The van der Waals surface area contributed by atoms with Crippen LogP contribution in [0, 0.1) is 0 Å². The second kappa shape index (κ2) is 8.96. The van der Waals surface area contributed by atoms with Gasteiger partial charge in [0.05, 0.1) is 22.1 Å². The van der Waals surface area contributed by atoms with E-state index >= 15 is 0 Å². The first-order valence-corrected chi connectivity index (χ1v) is 11.3. The van der Waals surface area contributed by atoms with Crippen LogP contribution in [0.25, 0.3) is 10.9 Å². The molecule has 1 aliphatic heterocycles. The zero-order valence-electron chi connectivity index (χ0n) is 16.7. The molecule has 2 aromatic carbocycles. The van der Waals surface area contributed by atoms with Gasteiger partial charge in [-0.3, -0.25) is 0 Å². The third-order valence-electron chi connectivity index (χ3n) is 4.94. The number of para-hydroxylation sites is 1. The Morgan fingerprint density at radius 3 is 2.68 bits per heavy atom. The van der Waals surface area contributed by atoms with Crippen LogP contribution in [0.1, 0.15) is 29.0 Å². The summed E-state index contributed by atoms with van der Waals surface area (Å²) in [5.74, 6) is -0.0321. The Bertz CT molecular complexity index is 1190. The number of carbonyl (C=O) groups excluding carboxylic acids is 1. The molecule has 1 atom stereocenters. The van der Waals surface area contributed by atoms with Crippen molar-refractivity contribution in [2.75, 3.05) is 18.9 Å². The lowest BCUT2D eigenvalue weighted by atomic mass is 10.2. The highest BCUT2D eigenvalue weighted by Gasteiger charge is 2.20. The number of nitrogens with two attached hydrogens (primary N) is 1. The summed E-state index contributed by atoms with van der Waals surface area (Å²) < 4.78 is 38.0. The lowest BCUT2D eigenvalue weighted by molar-refractivity contribution is 0.0462. The molecule has 0 aliphatic carbocycles. The number of rotatable bonds is 7. The molecule has 0 spiro atoms. The topological polar surface area (TPSA) is 134 Å². The molecule has 0 saturated carbocycles. The Morgan fingerprint density at radius 1 is 1.16 bits per heavy atom. The molecule has 4 rings (SSSR count). The number of carbonyl (C=O) groups is 1. The predicted octanol–water partition coefficient (Wildman–Crippen LogP) is 2.03. The monoisotopic (exact) mass is 442 g/mol. The maximum Gasteiger partial charge on any atom is 0.338 e. The first-order chi connectivity index (χ1) is 14.9. The van der Waals surface area contributed by atoms with Gasteiger partial charge in [0.15, 0.2) is 12.4 Å². The number of nitrogen functional groups attached to an aromatic ring is 1.